The Morgan fingerprint density at radius 3 is 2.17 bits per heavy atom. The molecule has 0 radical (unpaired) electrons. The molecule has 13 heteroatoms. The van der Waals surface area contributed by atoms with Gasteiger partial charge in [-0.25, -0.2) is 18.4 Å². The van der Waals surface area contributed by atoms with E-state index in [9.17, 15) is 28.5 Å². The lowest BCUT2D eigenvalue weighted by molar-refractivity contribution is -0.248. The number of aromatic hydroxyl groups is 1. The predicted octanol–water partition coefficient (Wildman–Crippen LogP) is -2.36. The van der Waals surface area contributed by atoms with Gasteiger partial charge in [-0.15, -0.1) is 0 Å². The summed E-state index contributed by atoms with van der Waals surface area (Å²) >= 11 is 0. The summed E-state index contributed by atoms with van der Waals surface area (Å²) in [7, 11) is -4.08. The van der Waals surface area contributed by atoms with Crippen molar-refractivity contribution in [3.05, 3.63) is 35.9 Å². The third-order valence-electron chi connectivity index (χ3n) is 4.46. The van der Waals surface area contributed by atoms with E-state index in [-0.39, 0.29) is 15.7 Å². The molecule has 0 bridgehead atoms. The maximum absolute atomic E-state index is 11.4. The number of primary sulfonamides is 1. The zero-order valence-electron chi connectivity index (χ0n) is 15.4. The summed E-state index contributed by atoms with van der Waals surface area (Å²) in [5.41, 5.74) is 4.76. The van der Waals surface area contributed by atoms with E-state index < -0.39 is 64.6 Å². The van der Waals surface area contributed by atoms with E-state index in [4.69, 9.17) is 30.9 Å². The molecule has 0 spiro atoms. The molecule has 0 amide bonds. The van der Waals surface area contributed by atoms with Crippen molar-refractivity contribution in [3.63, 3.8) is 0 Å². The number of phenols is 1. The van der Waals surface area contributed by atoms with Gasteiger partial charge in [0.25, 0.3) is 0 Å². The highest BCUT2D eigenvalue weighted by molar-refractivity contribution is 7.89. The molecule has 3 rings (SSSR count). The van der Waals surface area contributed by atoms with E-state index in [1.807, 2.05) is 0 Å². The van der Waals surface area contributed by atoms with Gasteiger partial charge in [-0.3, -0.25) is 0 Å². The highest BCUT2D eigenvalue weighted by Gasteiger charge is 2.41. The molecule has 0 aliphatic carbocycles. The normalized spacial score (nSPS) is 26.7. The van der Waals surface area contributed by atoms with Crippen LogP contribution in [0.2, 0.25) is 0 Å². The first-order valence-corrected chi connectivity index (χ1v) is 10.0. The molecule has 0 unspecified atom stereocenters. The molecule has 12 nitrogen and oxygen atoms in total. The van der Waals surface area contributed by atoms with Gasteiger partial charge in [0.2, 0.25) is 10.0 Å². The van der Waals surface area contributed by atoms with Crippen molar-refractivity contribution < 1.29 is 48.6 Å². The maximum atomic E-state index is 11.4. The van der Waals surface area contributed by atoms with Crippen LogP contribution in [-0.2, 0) is 14.8 Å². The second-order valence-corrected chi connectivity index (χ2v) is 8.00. The van der Waals surface area contributed by atoms with Crippen molar-refractivity contribution in [1.29, 1.82) is 0 Å². The van der Waals surface area contributed by atoms with Gasteiger partial charge in [-0.05, 0) is 6.07 Å². The van der Waals surface area contributed by atoms with E-state index in [0.29, 0.717) is 0 Å². The highest BCUT2D eigenvalue weighted by atomic mass is 32.2. The standard InChI is InChI=1S/C11H9NO5S.C6H13NO5/c12-18(16,17)9-5-8(11(14)15)10(13)7-4-2-1-3-6(7)9;7-3-5(10)4(9)2(1-8)12-6(3)11/h1-5,13H,(H,14,15)(H2,12,16,17);2-6,8-11H,1,7H2/t;2-,3-,4-,5-,6-/m.1/s1. The minimum absolute atomic E-state index is 0.126. The SMILES string of the molecule is NS(=O)(=O)c1cc(C(=O)O)c(O)c2ccccc12.N[C@@H]1[C@@H](O)[C@H](O)[C@@H](CO)O[C@H]1O. The first kappa shape index (κ1) is 23.9. The average molecular weight is 446 g/mol. The number of carboxylic acids is 1. The van der Waals surface area contributed by atoms with Gasteiger partial charge in [0.1, 0.15) is 29.6 Å². The number of hydrogen-bond acceptors (Lipinski definition) is 10. The summed E-state index contributed by atoms with van der Waals surface area (Å²) < 4.78 is 27.6. The topological polar surface area (TPSA) is 234 Å². The second-order valence-electron chi connectivity index (χ2n) is 6.47. The zero-order valence-corrected chi connectivity index (χ0v) is 16.2. The highest BCUT2D eigenvalue weighted by Crippen LogP contribution is 2.33. The van der Waals surface area contributed by atoms with Gasteiger partial charge in [-0.1, -0.05) is 24.3 Å². The molecule has 0 saturated carbocycles. The minimum atomic E-state index is -4.08. The van der Waals surface area contributed by atoms with E-state index in [1.165, 1.54) is 12.1 Å². The van der Waals surface area contributed by atoms with Gasteiger partial charge in [-0.2, -0.15) is 0 Å². The van der Waals surface area contributed by atoms with E-state index in [0.717, 1.165) is 6.07 Å². The Bertz CT molecular complexity index is 1020. The lowest BCUT2D eigenvalue weighted by Gasteiger charge is -2.38. The number of ether oxygens (including phenoxy) is 1. The molecule has 1 heterocycles. The quantitative estimate of drug-likeness (QED) is 0.248. The summed E-state index contributed by atoms with van der Waals surface area (Å²) in [5, 5.41) is 60.1. The van der Waals surface area contributed by atoms with Gasteiger partial charge in [0.05, 0.1) is 17.5 Å². The summed E-state index contributed by atoms with van der Waals surface area (Å²) in [6.45, 7) is -0.470. The number of aliphatic hydroxyl groups excluding tert-OH is 4. The molecule has 1 aliphatic heterocycles. The molecular weight excluding hydrogens is 424 g/mol. The lowest BCUT2D eigenvalue weighted by atomic mass is 9.98. The van der Waals surface area contributed by atoms with Crippen LogP contribution in [0, 0.1) is 0 Å². The Balaban J connectivity index is 0.000000232. The molecule has 1 fully saturated rings. The van der Waals surface area contributed by atoms with Crippen molar-refractivity contribution in [2.24, 2.45) is 10.9 Å². The third-order valence-corrected chi connectivity index (χ3v) is 5.41. The summed E-state index contributed by atoms with van der Waals surface area (Å²) in [5.74, 6) is -1.91. The van der Waals surface area contributed by atoms with Crippen LogP contribution in [0.5, 0.6) is 5.75 Å². The predicted molar refractivity (Wildman–Crippen MR) is 102 cm³/mol. The fourth-order valence-corrected chi connectivity index (χ4v) is 3.61. The number of fused-ring (bicyclic) bond motifs is 1. The number of nitrogens with two attached hydrogens (primary N) is 2. The van der Waals surface area contributed by atoms with Crippen molar-refractivity contribution in [2.75, 3.05) is 6.61 Å². The van der Waals surface area contributed by atoms with Gasteiger partial charge in [0.15, 0.2) is 6.29 Å². The Kier molecular flexibility index (Phi) is 7.33. The summed E-state index contributed by atoms with van der Waals surface area (Å²) in [6, 6.07) is 5.81. The van der Waals surface area contributed by atoms with Crippen molar-refractivity contribution in [3.8, 4) is 5.75 Å². The first-order valence-electron chi connectivity index (χ1n) is 8.47. The molecule has 0 aromatic heterocycles. The average Bonchev–Trinajstić information content (AvgIpc) is 2.69. The van der Waals surface area contributed by atoms with Crippen LogP contribution in [0.25, 0.3) is 10.8 Å². The number of rotatable bonds is 3. The van der Waals surface area contributed by atoms with E-state index in [1.54, 1.807) is 12.1 Å². The molecule has 166 valence electrons. The molecule has 1 saturated heterocycles. The number of carboxylic acid groups (broad SMARTS) is 1. The van der Waals surface area contributed by atoms with Gasteiger partial charge in [0, 0.05) is 10.8 Å². The Labute approximate surface area is 170 Å². The molecular formula is C17H22N2O10S. The van der Waals surface area contributed by atoms with Crippen LogP contribution in [0.3, 0.4) is 0 Å². The molecule has 2 aromatic carbocycles. The maximum Gasteiger partial charge on any atom is 0.339 e. The van der Waals surface area contributed by atoms with Crippen molar-refractivity contribution in [2.45, 2.75) is 35.5 Å². The van der Waals surface area contributed by atoms with Crippen LogP contribution in [0.15, 0.2) is 35.2 Å². The van der Waals surface area contributed by atoms with Gasteiger partial charge < -0.3 is 41.1 Å². The van der Waals surface area contributed by atoms with E-state index >= 15 is 0 Å². The van der Waals surface area contributed by atoms with Gasteiger partial charge >= 0.3 is 5.97 Å². The lowest BCUT2D eigenvalue weighted by Crippen LogP contribution is -2.61. The van der Waals surface area contributed by atoms with Crippen LogP contribution >= 0.6 is 0 Å². The smallest absolute Gasteiger partial charge is 0.339 e. The minimum Gasteiger partial charge on any atom is -0.506 e. The van der Waals surface area contributed by atoms with Crippen LogP contribution in [0.4, 0.5) is 0 Å². The molecule has 2 aromatic rings. The Hall–Kier alpha value is -2.36. The first-order chi connectivity index (χ1) is 13.9. The fourth-order valence-electron chi connectivity index (χ4n) is 2.84. The number of carbonyl (C=O) groups is 1. The molecule has 30 heavy (non-hydrogen) atoms. The molecule has 5 atom stereocenters. The number of benzene rings is 2. The number of sulfonamides is 1. The second kappa shape index (κ2) is 9.20. The molecule has 1 aliphatic rings. The number of hydrogen-bond donors (Lipinski definition) is 8. The van der Waals surface area contributed by atoms with Crippen LogP contribution in [-0.4, -0.2) is 82.3 Å². The molecule has 10 N–H and O–H groups in total. The number of aliphatic hydroxyl groups is 4. The van der Waals surface area contributed by atoms with Crippen molar-refractivity contribution in [1.82, 2.24) is 0 Å². The number of aromatic carboxylic acids is 1. The largest absolute Gasteiger partial charge is 0.506 e. The zero-order chi connectivity index (χ0) is 22.8. The Morgan fingerprint density at radius 2 is 1.67 bits per heavy atom. The summed E-state index contributed by atoms with van der Waals surface area (Å²) in [4.78, 5) is 10.6. The van der Waals surface area contributed by atoms with Crippen LogP contribution in [0.1, 0.15) is 10.4 Å². The summed E-state index contributed by atoms with van der Waals surface area (Å²) in [6.07, 6.45) is -4.85. The van der Waals surface area contributed by atoms with E-state index in [2.05, 4.69) is 0 Å². The third kappa shape index (κ3) is 4.85. The van der Waals surface area contributed by atoms with Crippen LogP contribution < -0.4 is 10.9 Å². The Morgan fingerprint density at radius 1 is 1.10 bits per heavy atom. The van der Waals surface area contributed by atoms with Crippen molar-refractivity contribution >= 4 is 26.8 Å². The monoisotopic (exact) mass is 446 g/mol. The fraction of sp³-hybridized carbons (Fsp3) is 0.353.